The summed E-state index contributed by atoms with van der Waals surface area (Å²) >= 11 is -1.00. The maximum Gasteiger partial charge on any atom is 0.461 e. The molecular weight excluding hydrogens is 237 g/mol. The topological polar surface area (TPSA) is 12.5 Å². The van der Waals surface area contributed by atoms with Gasteiger partial charge in [-0.15, -0.1) is 0 Å². The van der Waals surface area contributed by atoms with Gasteiger partial charge in [-0.05, 0) is 32.9 Å². The lowest BCUT2D eigenvalue weighted by molar-refractivity contribution is 0.150. The molecule has 2 nitrogen and oxygen atoms in total. The Balaban J connectivity index is 2.43. The van der Waals surface area contributed by atoms with Gasteiger partial charge in [-0.25, -0.2) is 0 Å². The van der Waals surface area contributed by atoms with E-state index in [0.717, 1.165) is 17.8 Å². The smallest absolute Gasteiger partial charge is 0.461 e. The van der Waals surface area contributed by atoms with E-state index in [-0.39, 0.29) is 0 Å². The summed E-state index contributed by atoms with van der Waals surface area (Å²) in [6.07, 6.45) is 1.80. The first-order valence-electron chi connectivity index (χ1n) is 7.72. The molecule has 0 saturated carbocycles. The summed E-state index contributed by atoms with van der Waals surface area (Å²) in [4.78, 5) is 2.44. The fourth-order valence-corrected chi connectivity index (χ4v) is 6.37. The second kappa shape index (κ2) is 7.90. The molecule has 1 aliphatic rings. The van der Waals surface area contributed by atoms with E-state index in [1.54, 1.807) is 0 Å². The summed E-state index contributed by atoms with van der Waals surface area (Å²) in [5, 5.41) is 2.68. The molecule has 1 saturated heterocycles. The van der Waals surface area contributed by atoms with Gasteiger partial charge in [0, 0.05) is 12.6 Å². The number of rotatable bonds is 7. The maximum atomic E-state index is 6.52. The summed E-state index contributed by atoms with van der Waals surface area (Å²) in [5.74, 6) is 2.35. The third-order valence-corrected chi connectivity index (χ3v) is 7.72. The first kappa shape index (κ1) is 16.5. The fraction of sp³-hybridized carbons (Fsp3) is 1.00. The Bertz CT molecular complexity index is 223. The van der Waals surface area contributed by atoms with E-state index < -0.39 is 14.5 Å². The van der Waals surface area contributed by atoms with Crippen molar-refractivity contribution < 1.29 is 3.79 Å². The molecule has 0 radical (unpaired) electrons. The lowest BCUT2D eigenvalue weighted by atomic mass is 10.0. The van der Waals surface area contributed by atoms with Crippen LogP contribution < -0.4 is 0 Å². The highest BCUT2D eigenvalue weighted by atomic mass is 27.2. The molecular formula is C15H32AlNO. The van der Waals surface area contributed by atoms with Gasteiger partial charge in [0.1, 0.15) is 0 Å². The molecule has 0 aliphatic carbocycles. The van der Waals surface area contributed by atoms with Crippen LogP contribution in [0.15, 0.2) is 0 Å². The lowest BCUT2D eigenvalue weighted by Gasteiger charge is -2.26. The Morgan fingerprint density at radius 1 is 1.11 bits per heavy atom. The molecule has 0 aromatic carbocycles. The van der Waals surface area contributed by atoms with Crippen LogP contribution in [0.1, 0.15) is 41.0 Å². The van der Waals surface area contributed by atoms with Gasteiger partial charge in [0.15, 0.2) is 0 Å². The number of likely N-dealkylation sites (tertiary alicyclic amines) is 1. The Hall–Kier alpha value is 0.452. The molecule has 0 amide bonds. The van der Waals surface area contributed by atoms with Gasteiger partial charge < -0.3 is 8.69 Å². The van der Waals surface area contributed by atoms with Crippen molar-refractivity contribution in [3.63, 3.8) is 0 Å². The first-order valence-corrected chi connectivity index (χ1v) is 9.83. The average Bonchev–Trinajstić information content (AvgIpc) is 2.62. The summed E-state index contributed by atoms with van der Waals surface area (Å²) in [5.41, 5.74) is 0. The van der Waals surface area contributed by atoms with Crippen LogP contribution in [0.25, 0.3) is 0 Å². The minimum absolute atomic E-state index is 0.476. The van der Waals surface area contributed by atoms with Gasteiger partial charge in [0.05, 0.1) is 0 Å². The molecule has 2 unspecified atom stereocenters. The maximum absolute atomic E-state index is 6.52. The van der Waals surface area contributed by atoms with Crippen LogP contribution in [-0.2, 0) is 3.79 Å². The molecule has 1 heterocycles. The third kappa shape index (κ3) is 6.06. The monoisotopic (exact) mass is 269 g/mol. The van der Waals surface area contributed by atoms with Gasteiger partial charge in [0.25, 0.3) is 0 Å². The third-order valence-electron chi connectivity index (χ3n) is 3.97. The van der Waals surface area contributed by atoms with Crippen molar-refractivity contribution in [2.24, 2.45) is 17.8 Å². The zero-order valence-corrected chi connectivity index (χ0v) is 14.4. The van der Waals surface area contributed by atoms with E-state index in [1.807, 2.05) is 0 Å². The Morgan fingerprint density at radius 2 is 1.67 bits per heavy atom. The predicted octanol–water partition coefficient (Wildman–Crippen LogP) is 3.65. The van der Waals surface area contributed by atoms with Crippen molar-refractivity contribution in [1.29, 1.82) is 0 Å². The quantitative estimate of drug-likeness (QED) is 0.654. The molecule has 2 atom stereocenters. The number of hydrogen-bond acceptors (Lipinski definition) is 2. The molecule has 0 N–H and O–H groups in total. The Kier molecular flexibility index (Phi) is 7.25. The molecule has 3 heteroatoms. The van der Waals surface area contributed by atoms with E-state index in [9.17, 15) is 0 Å². The van der Waals surface area contributed by atoms with Gasteiger partial charge in [-0.3, -0.25) is 0 Å². The summed E-state index contributed by atoms with van der Waals surface area (Å²) in [6.45, 7) is 14.1. The highest BCUT2D eigenvalue weighted by Gasteiger charge is 2.30. The van der Waals surface area contributed by atoms with Crippen molar-refractivity contribution in [3.8, 4) is 0 Å². The molecule has 0 aromatic heterocycles. The Labute approximate surface area is 119 Å². The van der Waals surface area contributed by atoms with Crippen LogP contribution in [-0.4, -0.2) is 45.6 Å². The second-order valence-electron chi connectivity index (χ2n) is 7.03. The summed E-state index contributed by atoms with van der Waals surface area (Å²) in [6, 6.07) is 0. The number of nitrogens with zero attached hydrogens (tertiary/aromatic N) is 1. The molecule has 1 aliphatic heterocycles. The van der Waals surface area contributed by atoms with Crippen LogP contribution in [0.5, 0.6) is 0 Å². The van der Waals surface area contributed by atoms with Crippen LogP contribution in [0.4, 0.5) is 0 Å². The van der Waals surface area contributed by atoms with E-state index in [0.29, 0.717) is 6.10 Å². The largest absolute Gasteiger partial charge is 0.498 e. The first-order chi connectivity index (χ1) is 8.38. The molecule has 0 spiro atoms. The zero-order chi connectivity index (χ0) is 13.7. The van der Waals surface area contributed by atoms with Crippen molar-refractivity contribution in [3.05, 3.63) is 0 Å². The van der Waals surface area contributed by atoms with Crippen LogP contribution in [0.2, 0.25) is 10.6 Å². The van der Waals surface area contributed by atoms with Gasteiger partial charge in [0.2, 0.25) is 0 Å². The predicted molar refractivity (Wildman–Crippen MR) is 81.2 cm³/mol. The zero-order valence-electron chi connectivity index (χ0n) is 13.3. The van der Waals surface area contributed by atoms with Crippen molar-refractivity contribution in [2.45, 2.75) is 57.7 Å². The second-order valence-corrected chi connectivity index (χ2v) is 9.49. The molecule has 0 bridgehead atoms. The molecule has 0 aromatic rings. The normalized spacial score (nSPS) is 23.0. The summed E-state index contributed by atoms with van der Waals surface area (Å²) in [7, 11) is 2.23. The van der Waals surface area contributed by atoms with Crippen LogP contribution in [0, 0.1) is 17.8 Å². The molecule has 1 fully saturated rings. The van der Waals surface area contributed by atoms with Gasteiger partial charge in [-0.1, -0.05) is 50.1 Å². The number of hydrogen-bond donors (Lipinski definition) is 0. The molecule has 18 heavy (non-hydrogen) atoms. The summed E-state index contributed by atoms with van der Waals surface area (Å²) < 4.78 is 6.52. The minimum atomic E-state index is -1.00. The van der Waals surface area contributed by atoms with Gasteiger partial charge >= 0.3 is 14.5 Å². The SMILES string of the molecule is CC(C)[CH2][Al]([CH2]C(C)C)[O]C(C)C1CCN(C)C1. The fourth-order valence-electron chi connectivity index (χ4n) is 3.03. The molecule has 106 valence electrons. The highest BCUT2D eigenvalue weighted by Crippen LogP contribution is 2.24. The van der Waals surface area contributed by atoms with Gasteiger partial charge in [-0.2, -0.15) is 0 Å². The van der Waals surface area contributed by atoms with Crippen molar-refractivity contribution in [2.75, 3.05) is 20.1 Å². The van der Waals surface area contributed by atoms with E-state index >= 15 is 0 Å². The van der Waals surface area contributed by atoms with Crippen molar-refractivity contribution >= 4 is 14.5 Å². The minimum Gasteiger partial charge on any atom is -0.498 e. The molecule has 1 rings (SSSR count). The van der Waals surface area contributed by atoms with E-state index in [2.05, 4.69) is 46.6 Å². The average molecular weight is 269 g/mol. The lowest BCUT2D eigenvalue weighted by Crippen LogP contribution is -2.32. The van der Waals surface area contributed by atoms with E-state index in [4.69, 9.17) is 3.79 Å². The highest BCUT2D eigenvalue weighted by molar-refractivity contribution is 6.52. The van der Waals surface area contributed by atoms with E-state index in [1.165, 1.54) is 30.1 Å². The Morgan fingerprint density at radius 3 is 2.06 bits per heavy atom. The van der Waals surface area contributed by atoms with Crippen molar-refractivity contribution in [1.82, 2.24) is 4.90 Å². The standard InChI is InChI=1S/C7H14NO.2C4H9.Al/c1-6(9)7-3-4-8(2)5-7;2*1-4(2)3;/h6-7H,3-5H2,1-2H3;2*4H,1H2,2-3H3;/q-1;;;+1. The van der Waals surface area contributed by atoms with Crippen LogP contribution >= 0.6 is 0 Å². The van der Waals surface area contributed by atoms with Crippen LogP contribution in [0.3, 0.4) is 0 Å².